The molecule has 0 bridgehead atoms. The van der Waals surface area contributed by atoms with Gasteiger partial charge in [-0.25, -0.2) is 14.8 Å². The van der Waals surface area contributed by atoms with Gasteiger partial charge in [0.1, 0.15) is 22.6 Å². The molecule has 2 N–H and O–H groups in total. The van der Waals surface area contributed by atoms with E-state index in [9.17, 15) is 4.79 Å². The number of nitrogen functional groups attached to an aromatic ring is 1. The quantitative estimate of drug-likeness (QED) is 0.333. The summed E-state index contributed by atoms with van der Waals surface area (Å²) in [5, 5.41) is 0. The number of hydrogen-bond donors (Lipinski definition) is 1. The maximum atomic E-state index is 12.9. The highest BCUT2D eigenvalue weighted by Crippen LogP contribution is 2.29. The first-order valence-corrected chi connectivity index (χ1v) is 10.5. The van der Waals surface area contributed by atoms with Crippen LogP contribution in [0.3, 0.4) is 0 Å². The van der Waals surface area contributed by atoms with Crippen molar-refractivity contribution < 1.29 is 14.3 Å². The molecular formula is C24H26N4O3. The van der Waals surface area contributed by atoms with Gasteiger partial charge in [0, 0.05) is 0 Å². The van der Waals surface area contributed by atoms with Crippen molar-refractivity contribution in [1.82, 2.24) is 14.5 Å². The Morgan fingerprint density at radius 2 is 1.74 bits per heavy atom. The number of methoxy groups -OCH3 is 1. The number of para-hydroxylation sites is 2. The van der Waals surface area contributed by atoms with E-state index < -0.39 is 5.97 Å². The summed E-state index contributed by atoms with van der Waals surface area (Å²) in [6.07, 6.45) is 2.88. The third-order valence-corrected chi connectivity index (χ3v) is 5.28. The lowest BCUT2D eigenvalue weighted by Crippen LogP contribution is -2.11. The van der Waals surface area contributed by atoms with Crippen LogP contribution in [-0.2, 0) is 11.3 Å². The topological polar surface area (TPSA) is 92.3 Å². The Balaban J connectivity index is 1.79. The highest BCUT2D eigenvalue weighted by atomic mass is 16.5. The summed E-state index contributed by atoms with van der Waals surface area (Å²) >= 11 is 0. The third-order valence-electron chi connectivity index (χ3n) is 5.28. The smallest absolute Gasteiger partial charge is 0.344 e. The molecule has 160 valence electrons. The number of anilines is 1. The van der Waals surface area contributed by atoms with Crippen LogP contribution in [0.25, 0.3) is 22.2 Å². The highest BCUT2D eigenvalue weighted by Gasteiger charge is 2.25. The monoisotopic (exact) mass is 418 g/mol. The molecule has 31 heavy (non-hydrogen) atoms. The molecule has 7 nitrogen and oxygen atoms in total. The SMILES string of the molecule is CCCCCOC(=O)c1c(N)n(Cc2ccc(OC)cc2)c2nc3ccccc3nc12. The second-order valence-corrected chi connectivity index (χ2v) is 7.42. The van der Waals surface area contributed by atoms with Crippen LogP contribution in [0.1, 0.15) is 42.1 Å². The van der Waals surface area contributed by atoms with Crippen molar-refractivity contribution in [2.75, 3.05) is 19.5 Å². The van der Waals surface area contributed by atoms with Crippen molar-refractivity contribution in [1.29, 1.82) is 0 Å². The average Bonchev–Trinajstić information content (AvgIpc) is 3.06. The molecule has 0 saturated carbocycles. The van der Waals surface area contributed by atoms with Gasteiger partial charge in [0.2, 0.25) is 0 Å². The summed E-state index contributed by atoms with van der Waals surface area (Å²) in [5.74, 6) is 0.620. The number of nitrogens with zero attached hydrogens (tertiary/aromatic N) is 3. The summed E-state index contributed by atoms with van der Waals surface area (Å²) in [6.45, 7) is 2.91. The molecule has 0 spiro atoms. The molecule has 4 aromatic rings. The summed E-state index contributed by atoms with van der Waals surface area (Å²) in [5.41, 5.74) is 10.2. The van der Waals surface area contributed by atoms with Gasteiger partial charge >= 0.3 is 5.97 Å². The molecule has 0 atom stereocenters. The van der Waals surface area contributed by atoms with Gasteiger partial charge in [-0.1, -0.05) is 44.0 Å². The molecule has 0 aliphatic heterocycles. The maximum absolute atomic E-state index is 12.9. The van der Waals surface area contributed by atoms with Crippen LogP contribution in [0.2, 0.25) is 0 Å². The van der Waals surface area contributed by atoms with Gasteiger partial charge in [0.15, 0.2) is 5.65 Å². The maximum Gasteiger partial charge on any atom is 0.344 e. The zero-order valence-electron chi connectivity index (χ0n) is 17.8. The Hall–Kier alpha value is -3.61. The molecule has 0 radical (unpaired) electrons. The van der Waals surface area contributed by atoms with E-state index in [2.05, 4.69) is 6.92 Å². The van der Waals surface area contributed by atoms with Crippen LogP contribution in [0, 0.1) is 0 Å². The van der Waals surface area contributed by atoms with Crippen molar-refractivity contribution in [3.05, 3.63) is 59.7 Å². The minimum absolute atomic E-state index is 0.276. The third kappa shape index (κ3) is 4.17. The Morgan fingerprint density at radius 3 is 2.42 bits per heavy atom. The fraction of sp³-hybridized carbons (Fsp3) is 0.292. The summed E-state index contributed by atoms with van der Waals surface area (Å²) in [7, 11) is 1.63. The van der Waals surface area contributed by atoms with Crippen molar-refractivity contribution >= 4 is 34.0 Å². The fourth-order valence-electron chi connectivity index (χ4n) is 3.58. The number of rotatable bonds is 8. The standard InChI is InChI=1S/C24H26N4O3/c1-3-4-7-14-31-24(29)20-21-23(27-19-9-6-5-8-18(19)26-21)28(22(20)25)15-16-10-12-17(30-2)13-11-16/h5-6,8-13H,3-4,7,14-15,25H2,1-2H3. The Labute approximate surface area is 180 Å². The van der Waals surface area contributed by atoms with Crippen LogP contribution < -0.4 is 10.5 Å². The van der Waals surface area contributed by atoms with E-state index in [1.54, 1.807) is 7.11 Å². The molecule has 0 fully saturated rings. The first kappa shape index (κ1) is 20.7. The Morgan fingerprint density at radius 1 is 1.03 bits per heavy atom. The number of ether oxygens (including phenoxy) is 2. The van der Waals surface area contributed by atoms with E-state index in [-0.39, 0.29) is 5.56 Å². The second-order valence-electron chi connectivity index (χ2n) is 7.42. The fourth-order valence-corrected chi connectivity index (χ4v) is 3.58. The highest BCUT2D eigenvalue weighted by molar-refractivity contribution is 6.08. The average molecular weight is 418 g/mol. The van der Waals surface area contributed by atoms with Crippen molar-refractivity contribution in [3.63, 3.8) is 0 Å². The van der Waals surface area contributed by atoms with Gasteiger partial charge in [-0.15, -0.1) is 0 Å². The van der Waals surface area contributed by atoms with Crippen molar-refractivity contribution in [2.45, 2.75) is 32.7 Å². The van der Waals surface area contributed by atoms with Crippen LogP contribution in [0.5, 0.6) is 5.75 Å². The van der Waals surface area contributed by atoms with Crippen molar-refractivity contribution in [3.8, 4) is 5.75 Å². The molecule has 0 unspecified atom stereocenters. The molecule has 0 aliphatic rings. The lowest BCUT2D eigenvalue weighted by atomic mass is 10.2. The number of benzene rings is 2. The lowest BCUT2D eigenvalue weighted by Gasteiger charge is -2.09. The normalized spacial score (nSPS) is 11.2. The number of esters is 1. The molecule has 2 aromatic heterocycles. The minimum Gasteiger partial charge on any atom is -0.497 e. The molecule has 0 amide bonds. The zero-order valence-corrected chi connectivity index (χ0v) is 17.8. The molecule has 7 heteroatoms. The van der Waals surface area contributed by atoms with E-state index >= 15 is 0 Å². The molecule has 4 rings (SSSR count). The molecule has 2 heterocycles. The van der Waals surface area contributed by atoms with Crippen molar-refractivity contribution in [2.24, 2.45) is 0 Å². The second kappa shape index (κ2) is 9.04. The van der Waals surface area contributed by atoms with Gasteiger partial charge in [0.25, 0.3) is 0 Å². The Kier molecular flexibility index (Phi) is 6.02. The number of hydrogen-bond acceptors (Lipinski definition) is 6. The first-order chi connectivity index (χ1) is 15.1. The van der Waals surface area contributed by atoms with E-state index in [1.807, 2.05) is 53.1 Å². The van der Waals surface area contributed by atoms with Crippen LogP contribution in [-0.4, -0.2) is 34.2 Å². The minimum atomic E-state index is -0.461. The van der Waals surface area contributed by atoms with E-state index in [0.29, 0.717) is 35.7 Å². The summed E-state index contributed by atoms with van der Waals surface area (Å²) in [4.78, 5) is 22.4. The summed E-state index contributed by atoms with van der Waals surface area (Å²) in [6, 6.07) is 15.3. The first-order valence-electron chi connectivity index (χ1n) is 10.5. The number of unbranched alkanes of at least 4 members (excludes halogenated alkanes) is 2. The predicted molar refractivity (Wildman–Crippen MR) is 121 cm³/mol. The zero-order chi connectivity index (χ0) is 21.8. The predicted octanol–water partition coefficient (Wildman–Crippen LogP) is 4.57. The van der Waals surface area contributed by atoms with E-state index in [1.165, 1.54) is 0 Å². The number of nitrogens with two attached hydrogens (primary N) is 1. The van der Waals surface area contributed by atoms with E-state index in [4.69, 9.17) is 25.2 Å². The lowest BCUT2D eigenvalue weighted by molar-refractivity contribution is 0.0501. The number of fused-ring (bicyclic) bond motifs is 2. The van der Waals surface area contributed by atoms with Crippen LogP contribution in [0.4, 0.5) is 5.82 Å². The molecule has 0 aliphatic carbocycles. The Bertz CT molecular complexity index is 1220. The number of aromatic nitrogens is 3. The van der Waals surface area contributed by atoms with Gasteiger partial charge in [-0.05, 0) is 36.2 Å². The summed E-state index contributed by atoms with van der Waals surface area (Å²) < 4.78 is 12.6. The molecule has 2 aromatic carbocycles. The van der Waals surface area contributed by atoms with Gasteiger partial charge in [-0.2, -0.15) is 0 Å². The molecule has 0 saturated heterocycles. The van der Waals surface area contributed by atoms with Crippen LogP contribution in [0.15, 0.2) is 48.5 Å². The van der Waals surface area contributed by atoms with Gasteiger partial charge in [-0.3, -0.25) is 0 Å². The van der Waals surface area contributed by atoms with Crippen LogP contribution >= 0.6 is 0 Å². The number of carbonyl (C=O) groups excluding carboxylic acids is 1. The van der Waals surface area contributed by atoms with Gasteiger partial charge < -0.3 is 19.8 Å². The molecular weight excluding hydrogens is 392 g/mol. The van der Waals surface area contributed by atoms with Gasteiger partial charge in [0.05, 0.1) is 31.3 Å². The largest absolute Gasteiger partial charge is 0.497 e. The van der Waals surface area contributed by atoms with E-state index in [0.717, 1.165) is 36.1 Å². The number of carbonyl (C=O) groups is 1.